The van der Waals surface area contributed by atoms with Gasteiger partial charge in [0.1, 0.15) is 0 Å². The van der Waals surface area contributed by atoms with Gasteiger partial charge in [-0.15, -0.1) is 11.8 Å². The zero-order valence-electron chi connectivity index (χ0n) is 16.9. The number of piperidine rings is 1. The van der Waals surface area contributed by atoms with Gasteiger partial charge in [0.05, 0.1) is 6.04 Å². The second-order valence-corrected chi connectivity index (χ2v) is 9.40. The number of aromatic nitrogens is 2. The number of carbonyl (C=O) groups is 1. The Morgan fingerprint density at radius 3 is 2.69 bits per heavy atom. The van der Waals surface area contributed by atoms with Crippen LogP contribution in [-0.4, -0.2) is 46.5 Å². The summed E-state index contributed by atoms with van der Waals surface area (Å²) in [6, 6.07) is 10.4. The Morgan fingerprint density at radius 1 is 1.14 bits per heavy atom. The number of nitrogens with zero attached hydrogens (tertiary/aromatic N) is 4. The van der Waals surface area contributed by atoms with E-state index in [4.69, 9.17) is 0 Å². The lowest BCUT2D eigenvalue weighted by molar-refractivity contribution is 0.00758. The van der Waals surface area contributed by atoms with E-state index in [9.17, 15) is 4.79 Å². The van der Waals surface area contributed by atoms with Crippen LogP contribution in [0.3, 0.4) is 0 Å². The molecule has 1 unspecified atom stereocenters. The number of allylic oxidation sites excluding steroid dienone is 1. The molecular formula is C23H26N4OS. The van der Waals surface area contributed by atoms with E-state index in [0.29, 0.717) is 11.2 Å². The van der Waals surface area contributed by atoms with Crippen LogP contribution in [-0.2, 0) is 0 Å². The van der Waals surface area contributed by atoms with Gasteiger partial charge in [0.25, 0.3) is 5.91 Å². The van der Waals surface area contributed by atoms with Crippen molar-refractivity contribution >= 4 is 23.6 Å². The Morgan fingerprint density at radius 2 is 1.93 bits per heavy atom. The Balaban J connectivity index is 1.35. The van der Waals surface area contributed by atoms with Gasteiger partial charge >= 0.3 is 0 Å². The standard InChI is InChI=1S/C23H26N4OS/c1-15-12-16(2)25-23(24-15)26-10-9-17-13-27(20(17)14-26)22(28)19-7-4-3-6-18(19)21-8-5-11-29-21/h3-7,11-12,17,20-21H,8-10,13-14H2,1-2H3/t17-,20-,21?/m0/s1. The second-order valence-electron chi connectivity index (χ2n) is 8.29. The minimum absolute atomic E-state index is 0.178. The molecule has 0 bridgehead atoms. The highest BCUT2D eigenvalue weighted by atomic mass is 32.2. The van der Waals surface area contributed by atoms with E-state index in [1.54, 1.807) is 0 Å². The van der Waals surface area contributed by atoms with Gasteiger partial charge in [-0.1, -0.05) is 24.3 Å². The molecule has 29 heavy (non-hydrogen) atoms. The highest BCUT2D eigenvalue weighted by Crippen LogP contribution is 2.41. The minimum Gasteiger partial charge on any atom is -0.339 e. The first-order valence-electron chi connectivity index (χ1n) is 10.4. The van der Waals surface area contributed by atoms with Crippen LogP contribution in [0.25, 0.3) is 0 Å². The third kappa shape index (κ3) is 3.44. The van der Waals surface area contributed by atoms with Crippen molar-refractivity contribution in [2.45, 2.75) is 38.0 Å². The van der Waals surface area contributed by atoms with Gasteiger partial charge < -0.3 is 9.80 Å². The molecule has 0 aliphatic carbocycles. The monoisotopic (exact) mass is 406 g/mol. The normalized spacial score (nSPS) is 25.7. The lowest BCUT2D eigenvalue weighted by atomic mass is 9.81. The summed E-state index contributed by atoms with van der Waals surface area (Å²) in [5, 5.41) is 2.51. The number of thioether (sulfide) groups is 1. The average molecular weight is 407 g/mol. The van der Waals surface area contributed by atoms with E-state index in [-0.39, 0.29) is 11.9 Å². The van der Waals surface area contributed by atoms with E-state index in [2.05, 4.69) is 37.3 Å². The van der Waals surface area contributed by atoms with Crippen molar-refractivity contribution in [3.05, 3.63) is 64.3 Å². The molecule has 3 aliphatic rings. The number of carbonyl (C=O) groups excluding carboxylic acids is 1. The highest BCUT2D eigenvalue weighted by molar-refractivity contribution is 8.02. The first kappa shape index (κ1) is 18.7. The molecule has 0 N–H and O–H groups in total. The third-order valence-electron chi connectivity index (χ3n) is 6.29. The summed E-state index contributed by atoms with van der Waals surface area (Å²) in [6.07, 6.45) is 4.28. The number of rotatable bonds is 3. The lowest BCUT2D eigenvalue weighted by Crippen LogP contribution is -2.66. The van der Waals surface area contributed by atoms with Crippen LogP contribution in [0.5, 0.6) is 0 Å². The van der Waals surface area contributed by atoms with Crippen LogP contribution in [0.1, 0.15) is 45.4 Å². The first-order valence-corrected chi connectivity index (χ1v) is 11.3. The molecule has 2 fully saturated rings. The van der Waals surface area contributed by atoms with Crippen molar-refractivity contribution in [2.24, 2.45) is 5.92 Å². The van der Waals surface area contributed by atoms with Crippen molar-refractivity contribution < 1.29 is 4.79 Å². The summed E-state index contributed by atoms with van der Waals surface area (Å²) in [6.45, 7) is 6.68. The molecule has 2 saturated heterocycles. The number of benzene rings is 1. The zero-order valence-corrected chi connectivity index (χ0v) is 17.7. The van der Waals surface area contributed by atoms with Crippen LogP contribution in [0.15, 0.2) is 41.8 Å². The average Bonchev–Trinajstić information content (AvgIpc) is 3.23. The molecule has 2 aromatic rings. The molecule has 1 aromatic heterocycles. The van der Waals surface area contributed by atoms with E-state index >= 15 is 0 Å². The first-order chi connectivity index (χ1) is 14.1. The smallest absolute Gasteiger partial charge is 0.254 e. The Kier molecular flexibility index (Phi) is 4.82. The summed E-state index contributed by atoms with van der Waals surface area (Å²) >= 11 is 1.81. The van der Waals surface area contributed by atoms with E-state index in [1.807, 2.05) is 49.9 Å². The van der Waals surface area contributed by atoms with Crippen molar-refractivity contribution in [2.75, 3.05) is 24.5 Å². The molecule has 0 radical (unpaired) electrons. The fraction of sp³-hybridized carbons (Fsp3) is 0.435. The Bertz CT molecular complexity index is 947. The molecule has 1 aromatic carbocycles. The van der Waals surface area contributed by atoms with E-state index < -0.39 is 0 Å². The van der Waals surface area contributed by atoms with Gasteiger partial charge in [-0.05, 0) is 49.8 Å². The SMILES string of the molecule is Cc1cc(C)nc(N2CC[C@H]3CN(C(=O)c4ccccc4C4CC=CS4)[C@H]3C2)n1. The fourth-order valence-corrected chi connectivity index (χ4v) is 5.76. The van der Waals surface area contributed by atoms with Gasteiger partial charge in [0.2, 0.25) is 5.95 Å². The van der Waals surface area contributed by atoms with Crippen molar-refractivity contribution in [3.8, 4) is 0 Å². The molecule has 0 spiro atoms. The molecule has 3 atom stereocenters. The fourth-order valence-electron chi connectivity index (χ4n) is 4.77. The third-order valence-corrected chi connectivity index (χ3v) is 7.42. The van der Waals surface area contributed by atoms with Crippen molar-refractivity contribution in [3.63, 3.8) is 0 Å². The molecule has 5 rings (SSSR count). The summed E-state index contributed by atoms with van der Waals surface area (Å²) in [4.78, 5) is 27.1. The number of amides is 1. The number of hydrogen-bond acceptors (Lipinski definition) is 5. The van der Waals surface area contributed by atoms with Crippen LogP contribution < -0.4 is 4.90 Å². The Hall–Kier alpha value is -2.34. The van der Waals surface area contributed by atoms with E-state index in [1.165, 1.54) is 5.56 Å². The topological polar surface area (TPSA) is 49.3 Å². The highest BCUT2D eigenvalue weighted by Gasteiger charge is 2.46. The second kappa shape index (κ2) is 7.48. The van der Waals surface area contributed by atoms with Gasteiger partial charge in [-0.3, -0.25) is 4.79 Å². The summed E-state index contributed by atoms with van der Waals surface area (Å²) in [5.41, 5.74) is 4.02. The molecule has 6 heteroatoms. The number of aryl methyl sites for hydroxylation is 2. The molecule has 3 aliphatic heterocycles. The van der Waals surface area contributed by atoms with Crippen LogP contribution in [0, 0.1) is 19.8 Å². The van der Waals surface area contributed by atoms with Gasteiger partial charge in [0, 0.05) is 47.8 Å². The maximum atomic E-state index is 13.5. The predicted octanol–water partition coefficient (Wildman–Crippen LogP) is 4.14. The number of likely N-dealkylation sites (tertiary alicyclic amines) is 1. The molecule has 0 saturated carbocycles. The number of fused-ring (bicyclic) bond motifs is 1. The largest absolute Gasteiger partial charge is 0.339 e. The van der Waals surface area contributed by atoms with Gasteiger partial charge in [-0.2, -0.15) is 0 Å². The molecule has 4 heterocycles. The van der Waals surface area contributed by atoms with Crippen LogP contribution in [0.4, 0.5) is 5.95 Å². The molecule has 150 valence electrons. The number of anilines is 1. The van der Waals surface area contributed by atoms with Gasteiger partial charge in [-0.25, -0.2) is 9.97 Å². The van der Waals surface area contributed by atoms with Gasteiger partial charge in [0.15, 0.2) is 0 Å². The molecule has 1 amide bonds. The maximum absolute atomic E-state index is 13.5. The molecular weight excluding hydrogens is 380 g/mol. The summed E-state index contributed by atoms with van der Waals surface area (Å²) < 4.78 is 0. The van der Waals surface area contributed by atoms with Crippen LogP contribution in [0.2, 0.25) is 0 Å². The van der Waals surface area contributed by atoms with E-state index in [0.717, 1.165) is 55.4 Å². The van der Waals surface area contributed by atoms with Crippen molar-refractivity contribution in [1.29, 1.82) is 0 Å². The summed E-state index contributed by atoms with van der Waals surface area (Å²) in [7, 11) is 0. The lowest BCUT2D eigenvalue weighted by Gasteiger charge is -2.53. The quantitative estimate of drug-likeness (QED) is 0.767. The van der Waals surface area contributed by atoms with Crippen molar-refractivity contribution in [1.82, 2.24) is 14.9 Å². The molecule has 5 nitrogen and oxygen atoms in total. The van der Waals surface area contributed by atoms with Crippen LogP contribution >= 0.6 is 11.8 Å². The number of hydrogen-bond donors (Lipinski definition) is 0. The Labute approximate surface area is 176 Å². The minimum atomic E-state index is 0.178. The predicted molar refractivity (Wildman–Crippen MR) is 117 cm³/mol. The summed E-state index contributed by atoms with van der Waals surface area (Å²) in [5.74, 6) is 1.57. The maximum Gasteiger partial charge on any atom is 0.254 e. The zero-order chi connectivity index (χ0) is 20.0.